The van der Waals surface area contributed by atoms with Crippen molar-refractivity contribution in [3.63, 3.8) is 0 Å². The smallest absolute Gasteiger partial charge is 0.142 e. The summed E-state index contributed by atoms with van der Waals surface area (Å²) in [4.78, 5) is 2.49. The molecule has 2 rings (SSSR count). The zero-order valence-corrected chi connectivity index (χ0v) is 14.8. The second-order valence-corrected chi connectivity index (χ2v) is 7.23. The third-order valence-corrected chi connectivity index (χ3v) is 5.13. The Morgan fingerprint density at radius 2 is 2.00 bits per heavy atom. The van der Waals surface area contributed by atoms with Gasteiger partial charge in [-0.25, -0.2) is 4.39 Å². The normalized spacial score (nSPS) is 18.1. The topological polar surface area (TPSA) is 15.3 Å². The largest absolute Gasteiger partial charge is 0.308 e. The van der Waals surface area contributed by atoms with Gasteiger partial charge in [0.2, 0.25) is 0 Å². The number of benzene rings is 1. The van der Waals surface area contributed by atoms with Crippen molar-refractivity contribution in [3.8, 4) is 0 Å². The Bertz CT molecular complexity index is 470. The molecule has 0 aromatic heterocycles. The van der Waals surface area contributed by atoms with E-state index in [9.17, 15) is 4.39 Å². The minimum atomic E-state index is -0.140. The van der Waals surface area contributed by atoms with Gasteiger partial charge in [0.1, 0.15) is 5.82 Å². The summed E-state index contributed by atoms with van der Waals surface area (Å²) in [5, 5.41) is 3.57. The van der Waals surface area contributed by atoms with Gasteiger partial charge in [0.15, 0.2) is 0 Å². The van der Waals surface area contributed by atoms with Gasteiger partial charge >= 0.3 is 0 Å². The summed E-state index contributed by atoms with van der Waals surface area (Å²) < 4.78 is 15.1. The van der Waals surface area contributed by atoms with Crippen LogP contribution in [0, 0.1) is 5.82 Å². The van der Waals surface area contributed by atoms with Crippen LogP contribution in [0.5, 0.6) is 0 Å². The fourth-order valence-corrected chi connectivity index (χ4v) is 3.63. The van der Waals surface area contributed by atoms with Gasteiger partial charge in [-0.05, 0) is 74.7 Å². The molecule has 1 aromatic rings. The summed E-state index contributed by atoms with van der Waals surface area (Å²) in [7, 11) is 0. The van der Waals surface area contributed by atoms with Crippen LogP contribution in [0.2, 0.25) is 0 Å². The van der Waals surface area contributed by atoms with Gasteiger partial charge in [-0.15, -0.1) is 0 Å². The zero-order chi connectivity index (χ0) is 15.5. The van der Waals surface area contributed by atoms with E-state index in [-0.39, 0.29) is 17.4 Å². The Balaban J connectivity index is 2.35. The van der Waals surface area contributed by atoms with Crippen molar-refractivity contribution in [2.24, 2.45) is 0 Å². The first-order valence-electron chi connectivity index (χ1n) is 7.90. The molecule has 118 valence electrons. The Kier molecular flexibility index (Phi) is 5.81. The molecule has 1 unspecified atom stereocenters. The van der Waals surface area contributed by atoms with Crippen molar-refractivity contribution in [3.05, 3.63) is 34.1 Å². The molecule has 0 bridgehead atoms. The lowest BCUT2D eigenvalue weighted by molar-refractivity contribution is 0.105. The van der Waals surface area contributed by atoms with Gasteiger partial charge in [-0.1, -0.05) is 19.1 Å². The van der Waals surface area contributed by atoms with Crippen LogP contribution in [0.3, 0.4) is 0 Å². The van der Waals surface area contributed by atoms with E-state index in [2.05, 4.69) is 46.9 Å². The van der Waals surface area contributed by atoms with Crippen molar-refractivity contribution < 1.29 is 4.39 Å². The monoisotopic (exact) mass is 356 g/mol. The predicted molar refractivity (Wildman–Crippen MR) is 90.0 cm³/mol. The minimum Gasteiger partial charge on any atom is -0.308 e. The molecule has 1 aliphatic rings. The molecule has 2 nitrogen and oxygen atoms in total. The first-order chi connectivity index (χ1) is 9.98. The summed E-state index contributed by atoms with van der Waals surface area (Å²) in [6.45, 7) is 9.70. The lowest BCUT2D eigenvalue weighted by Crippen LogP contribution is -2.52. The summed E-state index contributed by atoms with van der Waals surface area (Å²) in [6.07, 6.45) is 3.53. The Hall–Kier alpha value is -0.450. The van der Waals surface area contributed by atoms with E-state index in [1.807, 2.05) is 12.1 Å². The summed E-state index contributed by atoms with van der Waals surface area (Å²) in [6, 6.07) is 5.58. The van der Waals surface area contributed by atoms with E-state index in [4.69, 9.17) is 0 Å². The lowest BCUT2D eigenvalue weighted by atomic mass is 9.86. The van der Waals surface area contributed by atoms with Crippen molar-refractivity contribution in [2.75, 3.05) is 19.6 Å². The van der Waals surface area contributed by atoms with Gasteiger partial charge < -0.3 is 5.32 Å². The number of likely N-dealkylation sites (tertiary alicyclic amines) is 1. The molecule has 0 saturated carbocycles. The first-order valence-corrected chi connectivity index (χ1v) is 8.70. The average Bonchev–Trinajstić information content (AvgIpc) is 2.98. The molecule has 21 heavy (non-hydrogen) atoms. The summed E-state index contributed by atoms with van der Waals surface area (Å²) in [5.74, 6) is -0.140. The lowest BCUT2D eigenvalue weighted by Gasteiger charge is -2.43. The Labute approximate surface area is 136 Å². The molecule has 1 fully saturated rings. The van der Waals surface area contributed by atoms with Crippen LogP contribution in [0.1, 0.15) is 51.6 Å². The molecule has 1 atom stereocenters. The zero-order valence-electron chi connectivity index (χ0n) is 13.3. The van der Waals surface area contributed by atoms with Crippen LogP contribution in [-0.2, 0) is 0 Å². The highest BCUT2D eigenvalue weighted by Gasteiger charge is 2.38. The number of rotatable bonds is 6. The number of hydrogen-bond donors (Lipinski definition) is 1. The molecule has 0 amide bonds. The van der Waals surface area contributed by atoms with Gasteiger partial charge in [0.05, 0.1) is 10.5 Å². The highest BCUT2D eigenvalue weighted by atomic mass is 79.9. The SMILES string of the molecule is CCCNC(c1cccc(Br)c1F)C(C)(C)N1CCCC1. The van der Waals surface area contributed by atoms with Crippen molar-refractivity contribution in [2.45, 2.75) is 51.6 Å². The van der Waals surface area contributed by atoms with E-state index in [1.54, 1.807) is 6.07 Å². The second-order valence-electron chi connectivity index (χ2n) is 6.38. The van der Waals surface area contributed by atoms with E-state index < -0.39 is 0 Å². The standard InChI is InChI=1S/C17H26BrFN2/c1-4-10-20-16(13-8-7-9-14(18)15(13)19)17(2,3)21-11-5-6-12-21/h7-9,16,20H,4-6,10-12H2,1-3H3. The van der Waals surface area contributed by atoms with Gasteiger partial charge in [0.25, 0.3) is 0 Å². The molecule has 4 heteroatoms. The molecular formula is C17H26BrFN2. The maximum absolute atomic E-state index is 14.6. The van der Waals surface area contributed by atoms with Crippen LogP contribution in [0.25, 0.3) is 0 Å². The van der Waals surface area contributed by atoms with E-state index in [1.165, 1.54) is 12.8 Å². The van der Waals surface area contributed by atoms with Gasteiger partial charge in [-0.3, -0.25) is 4.90 Å². The van der Waals surface area contributed by atoms with Crippen molar-refractivity contribution in [1.29, 1.82) is 0 Å². The third-order valence-electron chi connectivity index (χ3n) is 4.52. The quantitative estimate of drug-likeness (QED) is 0.806. The number of halogens is 2. The second kappa shape index (κ2) is 7.21. The predicted octanol–water partition coefficient (Wildman–Crippen LogP) is 4.50. The highest BCUT2D eigenvalue weighted by molar-refractivity contribution is 9.10. The fourth-order valence-electron chi connectivity index (χ4n) is 3.25. The van der Waals surface area contributed by atoms with Crippen molar-refractivity contribution >= 4 is 15.9 Å². The highest BCUT2D eigenvalue weighted by Crippen LogP contribution is 2.36. The molecule has 0 spiro atoms. The summed E-state index contributed by atoms with van der Waals surface area (Å²) in [5.41, 5.74) is 0.655. The molecular weight excluding hydrogens is 331 g/mol. The average molecular weight is 357 g/mol. The number of hydrogen-bond acceptors (Lipinski definition) is 2. The van der Waals surface area contributed by atoms with Gasteiger partial charge in [0, 0.05) is 11.1 Å². The molecule has 1 N–H and O–H groups in total. The van der Waals surface area contributed by atoms with Crippen molar-refractivity contribution in [1.82, 2.24) is 10.2 Å². The van der Waals surface area contributed by atoms with E-state index in [0.717, 1.165) is 31.6 Å². The van der Waals surface area contributed by atoms with E-state index >= 15 is 0 Å². The van der Waals surface area contributed by atoms with E-state index in [0.29, 0.717) is 4.47 Å². The molecule has 1 aromatic carbocycles. The molecule has 1 heterocycles. The van der Waals surface area contributed by atoms with Crippen LogP contribution in [0.4, 0.5) is 4.39 Å². The first kappa shape index (κ1) is 16.9. The van der Waals surface area contributed by atoms with Crippen LogP contribution in [-0.4, -0.2) is 30.1 Å². The fraction of sp³-hybridized carbons (Fsp3) is 0.647. The molecule has 0 aliphatic carbocycles. The van der Waals surface area contributed by atoms with Crippen LogP contribution < -0.4 is 5.32 Å². The minimum absolute atomic E-state index is 0.00644. The maximum Gasteiger partial charge on any atom is 0.142 e. The molecule has 1 aliphatic heterocycles. The third kappa shape index (κ3) is 3.66. The van der Waals surface area contributed by atoms with Crippen LogP contribution in [0.15, 0.2) is 22.7 Å². The summed E-state index contributed by atoms with van der Waals surface area (Å²) >= 11 is 3.32. The Morgan fingerprint density at radius 3 is 2.62 bits per heavy atom. The molecule has 1 saturated heterocycles. The number of nitrogens with one attached hydrogen (secondary N) is 1. The Morgan fingerprint density at radius 1 is 1.33 bits per heavy atom. The van der Waals surface area contributed by atoms with Crippen LogP contribution >= 0.6 is 15.9 Å². The molecule has 0 radical (unpaired) electrons. The van der Waals surface area contributed by atoms with Gasteiger partial charge in [-0.2, -0.15) is 0 Å². The maximum atomic E-state index is 14.6. The number of nitrogens with zero attached hydrogens (tertiary/aromatic N) is 1.